The van der Waals surface area contributed by atoms with Crippen molar-refractivity contribution in [1.82, 2.24) is 0 Å². The van der Waals surface area contributed by atoms with E-state index in [-0.39, 0.29) is 0 Å². The molecule has 0 saturated heterocycles. The summed E-state index contributed by atoms with van der Waals surface area (Å²) < 4.78 is 48.8. The zero-order chi connectivity index (χ0) is 19.2. The van der Waals surface area contributed by atoms with Crippen LogP contribution in [-0.2, 0) is 15.7 Å². The van der Waals surface area contributed by atoms with Gasteiger partial charge in [-0.1, -0.05) is 24.3 Å². The van der Waals surface area contributed by atoms with Crippen molar-refractivity contribution in [3.8, 4) is 5.75 Å². The Morgan fingerprint density at radius 3 is 2.38 bits per heavy atom. The molecule has 2 rings (SSSR count). The third-order valence-electron chi connectivity index (χ3n) is 3.25. The van der Waals surface area contributed by atoms with E-state index in [9.17, 15) is 22.8 Å². The van der Waals surface area contributed by atoms with E-state index in [0.717, 1.165) is 18.2 Å². The molecule has 8 heteroatoms. The molecule has 0 heterocycles. The molecular weight excluding hydrogens is 351 g/mol. The summed E-state index contributed by atoms with van der Waals surface area (Å²) >= 11 is 0. The number of hydrogen-bond donors (Lipinski definition) is 1. The van der Waals surface area contributed by atoms with Gasteiger partial charge >= 0.3 is 12.1 Å². The number of hydrogen-bond acceptors (Lipinski definition) is 4. The van der Waals surface area contributed by atoms with Gasteiger partial charge in [0.15, 0.2) is 6.61 Å². The summed E-state index contributed by atoms with van der Waals surface area (Å²) in [6.07, 6.45) is -4.70. The first-order chi connectivity index (χ1) is 12.3. The van der Waals surface area contributed by atoms with E-state index in [2.05, 4.69) is 5.32 Å². The van der Waals surface area contributed by atoms with Crippen molar-refractivity contribution in [2.75, 3.05) is 18.5 Å². The molecule has 0 atom stereocenters. The van der Waals surface area contributed by atoms with E-state index >= 15 is 0 Å². The van der Waals surface area contributed by atoms with Gasteiger partial charge in [-0.2, -0.15) is 13.2 Å². The van der Waals surface area contributed by atoms with Crippen LogP contribution in [0.25, 0.3) is 0 Å². The fraction of sp³-hybridized carbons (Fsp3) is 0.222. The molecule has 5 nitrogen and oxygen atoms in total. The zero-order valence-corrected chi connectivity index (χ0v) is 13.8. The van der Waals surface area contributed by atoms with Crippen LogP contribution in [0.1, 0.15) is 22.8 Å². The van der Waals surface area contributed by atoms with E-state index in [4.69, 9.17) is 9.47 Å². The number of esters is 1. The number of halogens is 3. The van der Waals surface area contributed by atoms with E-state index in [0.29, 0.717) is 18.0 Å². The van der Waals surface area contributed by atoms with Gasteiger partial charge in [0.1, 0.15) is 5.75 Å². The van der Waals surface area contributed by atoms with Crippen LogP contribution in [0, 0.1) is 0 Å². The fourth-order valence-electron chi connectivity index (χ4n) is 2.15. The van der Waals surface area contributed by atoms with Gasteiger partial charge in [-0.05, 0) is 31.2 Å². The highest BCUT2D eigenvalue weighted by Gasteiger charge is 2.35. The van der Waals surface area contributed by atoms with Crippen LogP contribution in [0.5, 0.6) is 5.75 Å². The first-order valence-electron chi connectivity index (χ1n) is 7.68. The molecular formula is C18H16F3NO4. The summed E-state index contributed by atoms with van der Waals surface area (Å²) in [5.74, 6) is -1.50. The molecule has 0 aromatic heterocycles. The summed E-state index contributed by atoms with van der Waals surface area (Å²) in [5, 5.41) is 2.48. The smallest absolute Gasteiger partial charge is 0.417 e. The topological polar surface area (TPSA) is 64.6 Å². The van der Waals surface area contributed by atoms with Crippen molar-refractivity contribution >= 4 is 17.6 Å². The molecule has 0 aliphatic rings. The standard InChI is InChI=1S/C18H16F3NO4/c1-2-25-15-10-6-5-9-14(15)22-16(23)11-26-17(24)12-7-3-4-8-13(12)18(19,20)21/h3-10H,2,11H2,1H3,(H,22,23). The largest absolute Gasteiger partial charge is 0.492 e. The Bertz CT molecular complexity index is 790. The van der Waals surface area contributed by atoms with Crippen molar-refractivity contribution in [1.29, 1.82) is 0 Å². The molecule has 26 heavy (non-hydrogen) atoms. The highest BCUT2D eigenvalue weighted by molar-refractivity contribution is 5.96. The third-order valence-corrected chi connectivity index (χ3v) is 3.25. The average Bonchev–Trinajstić information content (AvgIpc) is 2.61. The molecule has 0 unspecified atom stereocenters. The molecule has 1 N–H and O–H groups in total. The maximum Gasteiger partial charge on any atom is 0.417 e. The predicted octanol–water partition coefficient (Wildman–Crippen LogP) is 3.90. The lowest BCUT2D eigenvalue weighted by molar-refractivity contribution is -0.138. The van der Waals surface area contributed by atoms with Gasteiger partial charge in [-0.3, -0.25) is 4.79 Å². The first kappa shape index (κ1) is 19.3. The molecule has 1 amide bonds. The quantitative estimate of drug-likeness (QED) is 0.787. The molecule has 0 bridgehead atoms. The fourth-order valence-corrected chi connectivity index (χ4v) is 2.15. The van der Waals surface area contributed by atoms with Crippen LogP contribution in [0.2, 0.25) is 0 Å². The van der Waals surface area contributed by atoms with E-state index in [1.165, 1.54) is 6.07 Å². The predicted molar refractivity (Wildman–Crippen MR) is 88.0 cm³/mol. The molecule has 0 fully saturated rings. The Morgan fingerprint density at radius 1 is 1.04 bits per heavy atom. The molecule has 138 valence electrons. The lowest BCUT2D eigenvalue weighted by Gasteiger charge is -2.13. The van der Waals surface area contributed by atoms with Crippen LogP contribution < -0.4 is 10.1 Å². The third kappa shape index (κ3) is 4.98. The minimum absolute atomic E-state index is 0.367. The Hall–Kier alpha value is -3.03. The SMILES string of the molecule is CCOc1ccccc1NC(=O)COC(=O)c1ccccc1C(F)(F)F. The van der Waals surface area contributed by atoms with Crippen LogP contribution in [0.3, 0.4) is 0 Å². The van der Waals surface area contributed by atoms with E-state index in [1.807, 2.05) is 0 Å². The molecule has 2 aromatic rings. The second-order valence-corrected chi connectivity index (χ2v) is 5.10. The Labute approximate surface area is 147 Å². The number of amides is 1. The van der Waals surface area contributed by atoms with E-state index < -0.39 is 35.8 Å². The lowest BCUT2D eigenvalue weighted by atomic mass is 10.1. The molecule has 0 spiro atoms. The van der Waals surface area contributed by atoms with E-state index in [1.54, 1.807) is 31.2 Å². The first-order valence-corrected chi connectivity index (χ1v) is 7.68. The second kappa shape index (κ2) is 8.37. The number of rotatable bonds is 6. The average molecular weight is 367 g/mol. The van der Waals surface area contributed by atoms with Gasteiger partial charge < -0.3 is 14.8 Å². The lowest BCUT2D eigenvalue weighted by Crippen LogP contribution is -2.22. The number of carbonyl (C=O) groups excluding carboxylic acids is 2. The minimum Gasteiger partial charge on any atom is -0.492 e. The number of para-hydroxylation sites is 2. The van der Waals surface area contributed by atoms with Crippen molar-refractivity contribution in [3.05, 3.63) is 59.7 Å². The van der Waals surface area contributed by atoms with Crippen molar-refractivity contribution in [2.24, 2.45) is 0 Å². The molecule has 2 aromatic carbocycles. The number of anilines is 1. The number of ether oxygens (including phenoxy) is 2. The monoisotopic (exact) mass is 367 g/mol. The van der Waals surface area contributed by atoms with Crippen LogP contribution in [0.15, 0.2) is 48.5 Å². The van der Waals surface area contributed by atoms with Crippen LogP contribution in [-0.4, -0.2) is 25.1 Å². The van der Waals surface area contributed by atoms with Gasteiger partial charge in [0.25, 0.3) is 5.91 Å². The van der Waals surface area contributed by atoms with Gasteiger partial charge in [-0.15, -0.1) is 0 Å². The van der Waals surface area contributed by atoms with Crippen LogP contribution >= 0.6 is 0 Å². The number of carbonyl (C=O) groups is 2. The van der Waals surface area contributed by atoms with Gasteiger partial charge in [0.2, 0.25) is 0 Å². The van der Waals surface area contributed by atoms with Crippen LogP contribution in [0.4, 0.5) is 18.9 Å². The normalized spacial score (nSPS) is 10.9. The second-order valence-electron chi connectivity index (χ2n) is 5.10. The van der Waals surface area contributed by atoms with Crippen molar-refractivity contribution in [3.63, 3.8) is 0 Å². The maximum atomic E-state index is 12.9. The summed E-state index contributed by atoms with van der Waals surface area (Å²) in [4.78, 5) is 23.8. The summed E-state index contributed by atoms with van der Waals surface area (Å²) in [6, 6.07) is 10.8. The Kier molecular flexibility index (Phi) is 6.21. The molecule has 0 aliphatic carbocycles. The highest BCUT2D eigenvalue weighted by atomic mass is 19.4. The molecule has 0 aliphatic heterocycles. The highest BCUT2D eigenvalue weighted by Crippen LogP contribution is 2.32. The Morgan fingerprint density at radius 2 is 1.69 bits per heavy atom. The maximum absolute atomic E-state index is 12.9. The van der Waals surface area contributed by atoms with Gasteiger partial charge in [0, 0.05) is 0 Å². The number of benzene rings is 2. The summed E-state index contributed by atoms with van der Waals surface area (Å²) in [6.45, 7) is 1.43. The van der Waals surface area contributed by atoms with Gasteiger partial charge in [0.05, 0.1) is 23.4 Å². The number of alkyl halides is 3. The molecule has 0 radical (unpaired) electrons. The van der Waals surface area contributed by atoms with Crippen molar-refractivity contribution < 1.29 is 32.2 Å². The number of nitrogens with one attached hydrogen (secondary N) is 1. The van der Waals surface area contributed by atoms with Crippen molar-refractivity contribution in [2.45, 2.75) is 13.1 Å². The van der Waals surface area contributed by atoms with Gasteiger partial charge in [-0.25, -0.2) is 4.79 Å². The summed E-state index contributed by atoms with van der Waals surface area (Å²) in [5.41, 5.74) is -1.40. The summed E-state index contributed by atoms with van der Waals surface area (Å²) in [7, 11) is 0. The zero-order valence-electron chi connectivity index (χ0n) is 13.8. The molecule has 0 saturated carbocycles. The minimum atomic E-state index is -4.70. The Balaban J connectivity index is 2.01.